The number of carbonyl (C=O) groups excluding carboxylic acids is 1. The van der Waals surface area contributed by atoms with E-state index in [0.29, 0.717) is 0 Å². The molecule has 4 nitrogen and oxygen atoms in total. The molecule has 1 aliphatic rings. The van der Waals surface area contributed by atoms with Crippen LogP contribution in [0.2, 0.25) is 0 Å². The molecule has 2 heterocycles. The summed E-state index contributed by atoms with van der Waals surface area (Å²) < 4.78 is 5.66. The number of nitrogens with one attached hydrogen (secondary N) is 1. The number of likely N-dealkylation sites (tertiary alicyclic amines) is 1. The van der Waals surface area contributed by atoms with Gasteiger partial charge in [-0.15, -0.1) is 0 Å². The lowest BCUT2D eigenvalue weighted by atomic mass is 10.0. The summed E-state index contributed by atoms with van der Waals surface area (Å²) in [5, 5.41) is 3.04. The van der Waals surface area contributed by atoms with Crippen molar-refractivity contribution in [3.63, 3.8) is 0 Å². The predicted octanol–water partition coefficient (Wildman–Crippen LogP) is 3.36. The molecule has 1 atom stereocenters. The van der Waals surface area contributed by atoms with Crippen LogP contribution >= 0.6 is 0 Å². The number of benzene rings is 1. The van der Waals surface area contributed by atoms with Crippen molar-refractivity contribution in [2.45, 2.75) is 39.3 Å². The van der Waals surface area contributed by atoms with Gasteiger partial charge in [0.15, 0.2) is 0 Å². The summed E-state index contributed by atoms with van der Waals surface area (Å²) >= 11 is 0. The molecule has 0 saturated carbocycles. The standard InChI is InChI=1S/C19H24N2O2/c1-14-5-10-19(23-14)17-8-6-16(7-9-17)12-21-11-3-4-18(13-21)20-15(2)22/h5-10,18H,3-4,11-13H2,1-2H3,(H,20,22). The second-order valence-electron chi connectivity index (χ2n) is 6.38. The van der Waals surface area contributed by atoms with Crippen LogP contribution in [0.15, 0.2) is 40.8 Å². The highest BCUT2D eigenvalue weighted by Crippen LogP contribution is 2.23. The molecule has 0 bridgehead atoms. The van der Waals surface area contributed by atoms with Gasteiger partial charge in [0.25, 0.3) is 0 Å². The highest BCUT2D eigenvalue weighted by atomic mass is 16.3. The molecule has 1 fully saturated rings. The van der Waals surface area contributed by atoms with Crippen LogP contribution in [-0.2, 0) is 11.3 Å². The first-order valence-electron chi connectivity index (χ1n) is 8.25. The third kappa shape index (κ3) is 4.23. The van der Waals surface area contributed by atoms with Crippen molar-refractivity contribution in [1.29, 1.82) is 0 Å². The van der Waals surface area contributed by atoms with Crippen LogP contribution in [-0.4, -0.2) is 29.9 Å². The molecule has 1 unspecified atom stereocenters. The number of hydrogen-bond donors (Lipinski definition) is 1. The van der Waals surface area contributed by atoms with Crippen molar-refractivity contribution in [2.24, 2.45) is 0 Å². The van der Waals surface area contributed by atoms with Crippen LogP contribution in [0.4, 0.5) is 0 Å². The number of hydrogen-bond acceptors (Lipinski definition) is 3. The first kappa shape index (κ1) is 15.8. The van der Waals surface area contributed by atoms with E-state index in [9.17, 15) is 4.79 Å². The van der Waals surface area contributed by atoms with Crippen molar-refractivity contribution in [3.8, 4) is 11.3 Å². The quantitative estimate of drug-likeness (QED) is 0.941. The minimum Gasteiger partial charge on any atom is -0.461 e. The zero-order chi connectivity index (χ0) is 16.2. The van der Waals surface area contributed by atoms with Gasteiger partial charge >= 0.3 is 0 Å². The van der Waals surface area contributed by atoms with Gasteiger partial charge in [0.05, 0.1) is 0 Å². The van der Waals surface area contributed by atoms with E-state index >= 15 is 0 Å². The van der Waals surface area contributed by atoms with Crippen molar-refractivity contribution in [1.82, 2.24) is 10.2 Å². The second kappa shape index (κ2) is 7.01. The number of nitrogens with zero attached hydrogens (tertiary/aromatic N) is 1. The van der Waals surface area contributed by atoms with E-state index in [1.165, 1.54) is 5.56 Å². The smallest absolute Gasteiger partial charge is 0.217 e. The highest BCUT2D eigenvalue weighted by molar-refractivity contribution is 5.73. The normalized spacial score (nSPS) is 18.8. The minimum atomic E-state index is 0.0648. The number of piperidine rings is 1. The molecule has 0 radical (unpaired) electrons. The molecule has 0 aliphatic carbocycles. The van der Waals surface area contributed by atoms with Crippen molar-refractivity contribution in [2.75, 3.05) is 13.1 Å². The van der Waals surface area contributed by atoms with Gasteiger partial charge in [0.1, 0.15) is 11.5 Å². The molecule has 1 N–H and O–H groups in total. The summed E-state index contributed by atoms with van der Waals surface area (Å²) in [5.74, 6) is 1.91. The predicted molar refractivity (Wildman–Crippen MR) is 91.0 cm³/mol. The Bertz CT molecular complexity index is 660. The molecule has 1 aromatic carbocycles. The number of carbonyl (C=O) groups is 1. The highest BCUT2D eigenvalue weighted by Gasteiger charge is 2.20. The Balaban J connectivity index is 1.60. The minimum absolute atomic E-state index is 0.0648. The Kier molecular flexibility index (Phi) is 4.82. The summed E-state index contributed by atoms with van der Waals surface area (Å²) in [7, 11) is 0. The van der Waals surface area contributed by atoms with Crippen LogP contribution in [0.3, 0.4) is 0 Å². The first-order valence-corrected chi connectivity index (χ1v) is 8.25. The SMILES string of the molecule is CC(=O)NC1CCCN(Cc2ccc(-c3ccc(C)o3)cc2)C1. The van der Waals surface area contributed by atoms with Crippen molar-refractivity contribution < 1.29 is 9.21 Å². The lowest BCUT2D eigenvalue weighted by molar-refractivity contribution is -0.120. The largest absolute Gasteiger partial charge is 0.461 e. The average molecular weight is 312 g/mol. The average Bonchev–Trinajstić information content (AvgIpc) is 2.94. The van der Waals surface area contributed by atoms with Gasteiger partial charge in [0, 0.05) is 31.6 Å². The maximum Gasteiger partial charge on any atom is 0.217 e. The Hall–Kier alpha value is -2.07. The topological polar surface area (TPSA) is 45.5 Å². The fourth-order valence-electron chi connectivity index (χ4n) is 3.23. The summed E-state index contributed by atoms with van der Waals surface area (Å²) in [5.41, 5.74) is 2.40. The molecule has 0 spiro atoms. The molecule has 4 heteroatoms. The van der Waals surface area contributed by atoms with Gasteiger partial charge in [0.2, 0.25) is 5.91 Å². The fraction of sp³-hybridized carbons (Fsp3) is 0.421. The molecule has 122 valence electrons. The summed E-state index contributed by atoms with van der Waals surface area (Å²) in [6.45, 7) is 6.50. The lowest BCUT2D eigenvalue weighted by Gasteiger charge is -2.33. The van der Waals surface area contributed by atoms with E-state index in [0.717, 1.165) is 49.6 Å². The molecular weight excluding hydrogens is 288 g/mol. The van der Waals surface area contributed by atoms with Crippen LogP contribution in [0, 0.1) is 6.92 Å². The molecular formula is C19H24N2O2. The summed E-state index contributed by atoms with van der Waals surface area (Å²) in [4.78, 5) is 13.6. The number of amides is 1. The number of rotatable bonds is 4. The van der Waals surface area contributed by atoms with Crippen molar-refractivity contribution >= 4 is 5.91 Å². The number of aryl methyl sites for hydroxylation is 1. The van der Waals surface area contributed by atoms with Gasteiger partial charge in [-0.3, -0.25) is 9.69 Å². The zero-order valence-electron chi connectivity index (χ0n) is 13.8. The molecule has 3 rings (SSSR count). The maximum absolute atomic E-state index is 11.2. The third-order valence-corrected chi connectivity index (χ3v) is 4.30. The monoisotopic (exact) mass is 312 g/mol. The first-order chi connectivity index (χ1) is 11.1. The summed E-state index contributed by atoms with van der Waals surface area (Å²) in [6.07, 6.45) is 2.21. The van der Waals surface area contributed by atoms with E-state index in [4.69, 9.17) is 4.42 Å². The van der Waals surface area contributed by atoms with Gasteiger partial charge in [-0.1, -0.05) is 24.3 Å². The molecule has 1 aliphatic heterocycles. The Morgan fingerprint density at radius 3 is 2.70 bits per heavy atom. The van der Waals surface area contributed by atoms with Crippen LogP contribution in [0.5, 0.6) is 0 Å². The van der Waals surface area contributed by atoms with E-state index < -0.39 is 0 Å². The Morgan fingerprint density at radius 2 is 2.04 bits per heavy atom. The summed E-state index contributed by atoms with van der Waals surface area (Å²) in [6, 6.07) is 12.8. The van der Waals surface area contributed by atoms with Gasteiger partial charge in [-0.25, -0.2) is 0 Å². The molecule has 1 saturated heterocycles. The van der Waals surface area contributed by atoms with Crippen LogP contribution in [0.1, 0.15) is 31.1 Å². The third-order valence-electron chi connectivity index (χ3n) is 4.30. The van der Waals surface area contributed by atoms with Gasteiger partial charge in [-0.05, 0) is 44.0 Å². The van der Waals surface area contributed by atoms with E-state index in [1.807, 2.05) is 19.1 Å². The molecule has 1 aromatic heterocycles. The number of furan rings is 1. The lowest BCUT2D eigenvalue weighted by Crippen LogP contribution is -2.46. The van der Waals surface area contributed by atoms with Gasteiger partial charge in [-0.2, -0.15) is 0 Å². The van der Waals surface area contributed by atoms with Crippen molar-refractivity contribution in [3.05, 3.63) is 47.7 Å². The van der Waals surface area contributed by atoms with E-state index in [2.05, 4.69) is 34.5 Å². The fourth-order valence-corrected chi connectivity index (χ4v) is 3.23. The van der Waals surface area contributed by atoms with Crippen LogP contribution in [0.25, 0.3) is 11.3 Å². The molecule has 1 amide bonds. The Morgan fingerprint density at radius 1 is 1.26 bits per heavy atom. The van der Waals surface area contributed by atoms with E-state index in [-0.39, 0.29) is 11.9 Å². The molecule has 23 heavy (non-hydrogen) atoms. The van der Waals surface area contributed by atoms with E-state index in [1.54, 1.807) is 6.92 Å². The van der Waals surface area contributed by atoms with Gasteiger partial charge < -0.3 is 9.73 Å². The molecule has 2 aromatic rings. The van der Waals surface area contributed by atoms with Crippen LogP contribution < -0.4 is 5.32 Å². The Labute approximate surface area is 137 Å². The maximum atomic E-state index is 11.2. The second-order valence-corrected chi connectivity index (χ2v) is 6.38. The zero-order valence-corrected chi connectivity index (χ0v) is 13.8.